The number of rotatable bonds is 8. The van der Waals surface area contributed by atoms with Crippen LogP contribution in [0, 0.1) is 27.7 Å². The largest absolute Gasteiger partial charge is 0.318 e. The van der Waals surface area contributed by atoms with E-state index in [-0.39, 0.29) is 20.6 Å². The van der Waals surface area contributed by atoms with Gasteiger partial charge >= 0.3 is 0 Å². The minimum absolute atomic E-state index is 0.0335. The second kappa shape index (κ2) is 11.7. The minimum atomic E-state index is -4.09. The van der Waals surface area contributed by atoms with Crippen molar-refractivity contribution in [3.63, 3.8) is 0 Å². The number of sulfonamides is 1. The Morgan fingerprint density at radius 3 is 2.33 bits per heavy atom. The number of hydrogen-bond donors (Lipinski definition) is 1. The van der Waals surface area contributed by atoms with E-state index >= 15 is 0 Å². The Bertz CT molecular complexity index is 1670. The molecule has 0 unspecified atom stereocenters. The number of hydrazone groups is 1. The fourth-order valence-electron chi connectivity index (χ4n) is 4.36. The van der Waals surface area contributed by atoms with E-state index in [0.717, 1.165) is 32.5 Å². The van der Waals surface area contributed by atoms with Crippen LogP contribution in [0.5, 0.6) is 0 Å². The molecular formula is C29H28Cl2N4O3S. The summed E-state index contributed by atoms with van der Waals surface area (Å²) in [4.78, 5) is 12.9. The fourth-order valence-corrected chi connectivity index (χ4v) is 6.09. The first-order chi connectivity index (χ1) is 18.5. The molecule has 0 saturated carbocycles. The molecule has 1 aromatic heterocycles. The first kappa shape index (κ1) is 28.4. The van der Waals surface area contributed by atoms with Gasteiger partial charge < -0.3 is 4.57 Å². The Labute approximate surface area is 238 Å². The molecule has 10 heteroatoms. The van der Waals surface area contributed by atoms with Crippen LogP contribution in [0.2, 0.25) is 10.0 Å². The number of carbonyl (C=O) groups is 1. The lowest BCUT2D eigenvalue weighted by molar-refractivity contribution is -0.119. The van der Waals surface area contributed by atoms with Crippen LogP contribution >= 0.6 is 23.2 Å². The number of amides is 1. The Morgan fingerprint density at radius 1 is 0.949 bits per heavy atom. The van der Waals surface area contributed by atoms with Gasteiger partial charge in [0.2, 0.25) is 0 Å². The third-order valence-electron chi connectivity index (χ3n) is 6.27. The highest BCUT2D eigenvalue weighted by Crippen LogP contribution is 2.30. The molecule has 0 bridgehead atoms. The summed E-state index contributed by atoms with van der Waals surface area (Å²) >= 11 is 12.2. The molecule has 4 aromatic rings. The van der Waals surface area contributed by atoms with Crippen molar-refractivity contribution in [1.82, 2.24) is 9.99 Å². The highest BCUT2D eigenvalue weighted by atomic mass is 35.5. The van der Waals surface area contributed by atoms with Crippen LogP contribution in [-0.4, -0.2) is 31.7 Å². The Hall–Kier alpha value is -3.59. The first-order valence-corrected chi connectivity index (χ1v) is 14.3. The normalized spacial score (nSPS) is 11.6. The molecule has 4 rings (SSSR count). The standard InChI is InChI=1S/C29H28Cl2N4O3S/c1-19-10-13-28(20(2)14-19)35-21(3)15-23(22(35)4)17-32-33-29(36)18-34(24-11-12-26(30)27(31)16-24)39(37,38)25-8-6-5-7-9-25/h5-17H,18H2,1-4H3,(H,33,36)/b32-17+. The molecule has 0 fully saturated rings. The summed E-state index contributed by atoms with van der Waals surface area (Å²) in [6.45, 7) is 7.59. The van der Waals surface area contributed by atoms with Gasteiger partial charge in [0, 0.05) is 22.6 Å². The summed E-state index contributed by atoms with van der Waals surface area (Å²) in [6, 6.07) is 20.5. The monoisotopic (exact) mass is 582 g/mol. The summed E-state index contributed by atoms with van der Waals surface area (Å²) in [5, 5.41) is 4.55. The van der Waals surface area contributed by atoms with Crippen LogP contribution in [0.3, 0.4) is 0 Å². The summed E-state index contributed by atoms with van der Waals surface area (Å²) in [5.74, 6) is -0.625. The highest BCUT2D eigenvalue weighted by Gasteiger charge is 2.27. The van der Waals surface area contributed by atoms with Gasteiger partial charge in [0.25, 0.3) is 15.9 Å². The highest BCUT2D eigenvalue weighted by molar-refractivity contribution is 7.92. The van der Waals surface area contributed by atoms with Crippen molar-refractivity contribution in [1.29, 1.82) is 0 Å². The zero-order chi connectivity index (χ0) is 28.3. The number of nitrogens with one attached hydrogen (secondary N) is 1. The Balaban J connectivity index is 1.57. The summed E-state index contributed by atoms with van der Waals surface area (Å²) in [5.41, 5.74) is 8.86. The lowest BCUT2D eigenvalue weighted by Crippen LogP contribution is -2.39. The molecule has 3 aromatic carbocycles. The predicted molar refractivity (Wildman–Crippen MR) is 158 cm³/mol. The van der Waals surface area contributed by atoms with Gasteiger partial charge in [0.1, 0.15) is 6.54 Å². The van der Waals surface area contributed by atoms with Crippen molar-refractivity contribution in [2.45, 2.75) is 32.6 Å². The average molecular weight is 584 g/mol. The zero-order valence-electron chi connectivity index (χ0n) is 21.9. The number of anilines is 1. The second-order valence-corrected chi connectivity index (χ2v) is 11.8. The third-order valence-corrected chi connectivity index (χ3v) is 8.79. The van der Waals surface area contributed by atoms with Crippen molar-refractivity contribution in [3.05, 3.63) is 111 Å². The molecule has 0 spiro atoms. The van der Waals surface area contributed by atoms with Crippen LogP contribution in [-0.2, 0) is 14.8 Å². The fraction of sp³-hybridized carbons (Fsp3) is 0.172. The third kappa shape index (κ3) is 6.19. The molecular weight excluding hydrogens is 555 g/mol. The smallest absolute Gasteiger partial charge is 0.264 e. The quantitative estimate of drug-likeness (QED) is 0.194. The van der Waals surface area contributed by atoms with Gasteiger partial charge in [-0.25, -0.2) is 13.8 Å². The van der Waals surface area contributed by atoms with Crippen molar-refractivity contribution in [2.75, 3.05) is 10.8 Å². The maximum atomic E-state index is 13.5. The predicted octanol–water partition coefficient (Wildman–Crippen LogP) is 6.36. The van der Waals surface area contributed by atoms with Crippen LogP contribution < -0.4 is 9.73 Å². The van der Waals surface area contributed by atoms with E-state index in [1.54, 1.807) is 24.4 Å². The van der Waals surface area contributed by atoms with Crippen LogP contribution in [0.25, 0.3) is 5.69 Å². The van der Waals surface area contributed by atoms with Crippen molar-refractivity contribution in [3.8, 4) is 5.69 Å². The number of halogens is 2. The SMILES string of the molecule is Cc1ccc(-n2c(C)cc(/C=N/NC(=O)CN(c3ccc(Cl)c(Cl)c3)S(=O)(=O)c3ccccc3)c2C)c(C)c1. The van der Waals surface area contributed by atoms with Crippen LogP contribution in [0.15, 0.2) is 82.8 Å². The molecule has 0 atom stereocenters. The number of nitrogens with zero attached hydrogens (tertiary/aromatic N) is 3. The summed E-state index contributed by atoms with van der Waals surface area (Å²) in [6.07, 6.45) is 1.55. The second-order valence-electron chi connectivity index (χ2n) is 9.17. The number of hydrogen-bond acceptors (Lipinski definition) is 4. The van der Waals surface area contributed by atoms with E-state index in [1.165, 1.54) is 35.9 Å². The molecule has 0 aliphatic rings. The van der Waals surface area contributed by atoms with Crippen LogP contribution in [0.1, 0.15) is 28.1 Å². The molecule has 1 heterocycles. The molecule has 0 radical (unpaired) electrons. The lowest BCUT2D eigenvalue weighted by atomic mass is 10.1. The van der Waals surface area contributed by atoms with E-state index in [0.29, 0.717) is 0 Å². The molecule has 1 amide bonds. The summed E-state index contributed by atoms with van der Waals surface area (Å²) in [7, 11) is -4.09. The first-order valence-electron chi connectivity index (χ1n) is 12.1. The average Bonchev–Trinajstić information content (AvgIpc) is 3.17. The number of aryl methyl sites for hydroxylation is 3. The molecule has 0 aliphatic heterocycles. The number of aromatic nitrogens is 1. The van der Waals surface area contributed by atoms with Gasteiger partial charge in [0.15, 0.2) is 0 Å². The molecule has 202 valence electrons. The van der Waals surface area contributed by atoms with E-state index in [1.807, 2.05) is 19.9 Å². The maximum Gasteiger partial charge on any atom is 0.264 e. The van der Waals surface area contributed by atoms with Crippen molar-refractivity contribution in [2.24, 2.45) is 5.10 Å². The van der Waals surface area contributed by atoms with Crippen molar-refractivity contribution < 1.29 is 13.2 Å². The molecule has 39 heavy (non-hydrogen) atoms. The molecule has 0 saturated heterocycles. The van der Waals surface area contributed by atoms with Gasteiger partial charge in [-0.05, 0) is 75.7 Å². The van der Waals surface area contributed by atoms with Gasteiger partial charge in [-0.3, -0.25) is 9.10 Å². The Morgan fingerprint density at radius 2 is 1.67 bits per heavy atom. The lowest BCUT2D eigenvalue weighted by Gasteiger charge is -2.24. The van der Waals surface area contributed by atoms with Gasteiger partial charge in [-0.15, -0.1) is 0 Å². The zero-order valence-corrected chi connectivity index (χ0v) is 24.3. The molecule has 0 aliphatic carbocycles. The topological polar surface area (TPSA) is 83.8 Å². The van der Waals surface area contributed by atoms with E-state index in [4.69, 9.17) is 23.2 Å². The van der Waals surface area contributed by atoms with Crippen LogP contribution in [0.4, 0.5) is 5.69 Å². The van der Waals surface area contributed by atoms with Gasteiger partial charge in [-0.1, -0.05) is 59.1 Å². The molecule has 1 N–H and O–H groups in total. The van der Waals surface area contributed by atoms with Crippen molar-refractivity contribution >= 4 is 51.0 Å². The molecule has 7 nitrogen and oxygen atoms in total. The Kier molecular flexibility index (Phi) is 8.49. The van der Waals surface area contributed by atoms with E-state index < -0.39 is 22.5 Å². The van der Waals surface area contributed by atoms with Gasteiger partial charge in [-0.2, -0.15) is 5.10 Å². The van der Waals surface area contributed by atoms with E-state index in [9.17, 15) is 13.2 Å². The number of carbonyl (C=O) groups excluding carboxylic acids is 1. The number of benzene rings is 3. The van der Waals surface area contributed by atoms with Gasteiger partial charge in [0.05, 0.1) is 26.8 Å². The maximum absolute atomic E-state index is 13.5. The summed E-state index contributed by atoms with van der Waals surface area (Å²) < 4.78 is 30.0. The van der Waals surface area contributed by atoms with E-state index in [2.05, 4.69) is 47.1 Å². The minimum Gasteiger partial charge on any atom is -0.318 e.